The fraction of sp³-hybridized carbons (Fsp3) is 0.556. The standard InChI is InChI=1S/C27H37N7O2S/c1-3-7-22-23(28-2)14-24(32-27-29-15-21(17-35)37-27)31-26(22)30-18-12-19-8-6-9-20(13-18)34(19)25(36)16-33-10-4-5-11-33/h3,7,14-15,18-20,35H,2,4-6,8-13,16-17H2,1H3,(H2,29,30,31,32)/b7-3-/t18-,19-,20+. The van der Waals surface area contributed by atoms with Gasteiger partial charge in [-0.1, -0.05) is 23.5 Å². The number of aliphatic imine (C=N–C) groups is 1. The number of piperidine rings is 2. The van der Waals surface area contributed by atoms with Crippen molar-refractivity contribution < 1.29 is 9.90 Å². The van der Waals surface area contributed by atoms with Gasteiger partial charge in [-0.15, -0.1) is 0 Å². The molecule has 2 bridgehead atoms. The lowest BCUT2D eigenvalue weighted by Crippen LogP contribution is -2.58. The Morgan fingerprint density at radius 2 is 2.03 bits per heavy atom. The summed E-state index contributed by atoms with van der Waals surface area (Å²) >= 11 is 1.39. The van der Waals surface area contributed by atoms with Crippen molar-refractivity contribution in [2.24, 2.45) is 4.99 Å². The number of hydrogen-bond acceptors (Lipinski definition) is 9. The number of aliphatic hydroxyl groups is 1. The molecule has 1 amide bonds. The highest BCUT2D eigenvalue weighted by Crippen LogP contribution is 2.38. The second-order valence-corrected chi connectivity index (χ2v) is 11.3. The van der Waals surface area contributed by atoms with Crippen molar-refractivity contribution in [3.05, 3.63) is 28.8 Å². The molecule has 0 radical (unpaired) electrons. The van der Waals surface area contributed by atoms with Gasteiger partial charge in [-0.3, -0.25) is 14.7 Å². The van der Waals surface area contributed by atoms with E-state index in [-0.39, 0.29) is 24.7 Å². The van der Waals surface area contributed by atoms with Crippen LogP contribution in [0.1, 0.15) is 62.3 Å². The highest BCUT2D eigenvalue weighted by molar-refractivity contribution is 7.15. The number of anilines is 3. The Morgan fingerprint density at radius 1 is 1.27 bits per heavy atom. The molecule has 0 spiro atoms. The number of allylic oxidation sites excluding steroid dienone is 1. The molecule has 9 nitrogen and oxygen atoms in total. The number of likely N-dealkylation sites (tertiary alicyclic amines) is 1. The number of thiazole rings is 1. The molecule has 2 aromatic heterocycles. The molecular formula is C27H37N7O2S. The first kappa shape index (κ1) is 25.8. The lowest BCUT2D eigenvalue weighted by molar-refractivity contribution is -0.141. The Balaban J connectivity index is 1.34. The van der Waals surface area contributed by atoms with Gasteiger partial charge in [-0.25, -0.2) is 9.97 Å². The number of fused-ring (bicyclic) bond motifs is 2. The molecule has 0 saturated carbocycles. The van der Waals surface area contributed by atoms with Gasteiger partial charge in [0.05, 0.1) is 23.7 Å². The molecule has 10 heteroatoms. The summed E-state index contributed by atoms with van der Waals surface area (Å²) in [5.74, 6) is 1.68. The van der Waals surface area contributed by atoms with E-state index in [0.717, 1.165) is 60.7 Å². The zero-order valence-electron chi connectivity index (χ0n) is 21.5. The summed E-state index contributed by atoms with van der Waals surface area (Å²) in [5, 5.41) is 17.0. The Kier molecular flexibility index (Phi) is 8.17. The maximum absolute atomic E-state index is 13.3. The van der Waals surface area contributed by atoms with Gasteiger partial charge in [-0.05, 0) is 71.7 Å². The van der Waals surface area contributed by atoms with Crippen LogP contribution in [0.4, 0.5) is 22.5 Å². The van der Waals surface area contributed by atoms with Gasteiger partial charge in [-0.2, -0.15) is 0 Å². The number of aliphatic hydroxyl groups excluding tert-OH is 1. The summed E-state index contributed by atoms with van der Waals surface area (Å²) in [6.45, 7) is 8.38. The highest BCUT2D eigenvalue weighted by Gasteiger charge is 2.41. The summed E-state index contributed by atoms with van der Waals surface area (Å²) in [6.07, 6.45) is 13.2. The Labute approximate surface area is 222 Å². The Hall–Kier alpha value is -2.82. The first-order valence-corrected chi connectivity index (χ1v) is 14.2. The van der Waals surface area contributed by atoms with Crippen molar-refractivity contribution in [2.45, 2.75) is 76.6 Å². The van der Waals surface area contributed by atoms with E-state index < -0.39 is 0 Å². The minimum atomic E-state index is -0.0408. The maximum atomic E-state index is 13.3. The molecule has 3 fully saturated rings. The van der Waals surface area contributed by atoms with Crippen molar-refractivity contribution in [2.75, 3.05) is 30.3 Å². The molecule has 2 aromatic rings. The second kappa shape index (κ2) is 11.7. The van der Waals surface area contributed by atoms with Gasteiger partial charge in [0.25, 0.3) is 0 Å². The molecule has 0 aromatic carbocycles. The van der Waals surface area contributed by atoms with Gasteiger partial charge in [0, 0.05) is 36.0 Å². The first-order valence-electron chi connectivity index (χ1n) is 13.3. The number of amides is 1. The molecule has 198 valence electrons. The average Bonchev–Trinajstić information content (AvgIpc) is 3.57. The molecule has 5 heterocycles. The quantitative estimate of drug-likeness (QED) is 0.414. The molecule has 0 unspecified atom stereocenters. The molecule has 3 atom stereocenters. The largest absolute Gasteiger partial charge is 0.391 e. The molecule has 3 aliphatic rings. The van der Waals surface area contributed by atoms with E-state index in [9.17, 15) is 9.90 Å². The van der Waals surface area contributed by atoms with Crippen molar-refractivity contribution in [3.8, 4) is 0 Å². The van der Waals surface area contributed by atoms with Crippen LogP contribution >= 0.6 is 11.3 Å². The van der Waals surface area contributed by atoms with Crippen molar-refractivity contribution in [3.63, 3.8) is 0 Å². The first-order chi connectivity index (χ1) is 18.1. The maximum Gasteiger partial charge on any atom is 0.237 e. The van der Waals surface area contributed by atoms with Crippen LogP contribution in [0, 0.1) is 0 Å². The summed E-state index contributed by atoms with van der Waals surface area (Å²) in [6, 6.07) is 2.63. The zero-order valence-corrected chi connectivity index (χ0v) is 22.3. The van der Waals surface area contributed by atoms with E-state index in [0.29, 0.717) is 23.4 Å². The minimum absolute atomic E-state index is 0.0408. The number of carbonyl (C=O) groups is 1. The van der Waals surface area contributed by atoms with Crippen LogP contribution < -0.4 is 10.6 Å². The van der Waals surface area contributed by atoms with Gasteiger partial charge in [0.1, 0.15) is 11.6 Å². The van der Waals surface area contributed by atoms with Crippen LogP contribution in [-0.2, 0) is 11.4 Å². The molecular weight excluding hydrogens is 486 g/mol. The van der Waals surface area contributed by atoms with Crippen molar-refractivity contribution in [1.29, 1.82) is 0 Å². The molecule has 37 heavy (non-hydrogen) atoms. The predicted molar refractivity (Wildman–Crippen MR) is 150 cm³/mol. The topological polar surface area (TPSA) is 106 Å². The van der Waals surface area contributed by atoms with Gasteiger partial charge in [0.2, 0.25) is 5.91 Å². The van der Waals surface area contributed by atoms with Crippen molar-refractivity contribution in [1.82, 2.24) is 19.8 Å². The van der Waals surface area contributed by atoms with Gasteiger partial charge < -0.3 is 20.6 Å². The van der Waals surface area contributed by atoms with E-state index in [1.807, 2.05) is 25.1 Å². The molecule has 3 saturated heterocycles. The second-order valence-electron chi connectivity index (χ2n) is 10.2. The van der Waals surface area contributed by atoms with E-state index in [1.54, 1.807) is 6.20 Å². The lowest BCUT2D eigenvalue weighted by Gasteiger charge is -2.49. The number of hydrogen-bond donors (Lipinski definition) is 3. The molecule has 0 aliphatic carbocycles. The predicted octanol–water partition coefficient (Wildman–Crippen LogP) is 4.56. The van der Waals surface area contributed by atoms with Crippen LogP contribution in [-0.4, -0.2) is 75.3 Å². The van der Waals surface area contributed by atoms with E-state index in [4.69, 9.17) is 4.98 Å². The SMILES string of the molecule is C=Nc1cc(Nc2ncc(CO)s2)nc(N[C@@H]2C[C@H]3CCC[C@@H](C2)N3C(=O)CN2CCCC2)c1/C=C\C. The van der Waals surface area contributed by atoms with E-state index in [1.165, 1.54) is 30.6 Å². The van der Waals surface area contributed by atoms with E-state index >= 15 is 0 Å². The van der Waals surface area contributed by atoms with Crippen LogP contribution in [0.25, 0.3) is 6.08 Å². The summed E-state index contributed by atoms with van der Waals surface area (Å²) in [4.78, 5) is 32.1. The van der Waals surface area contributed by atoms with Crippen molar-refractivity contribution >= 4 is 52.5 Å². The average molecular weight is 524 g/mol. The Bertz CT molecular complexity index is 1130. The molecule has 3 N–H and O–H groups in total. The number of nitrogens with one attached hydrogen (secondary N) is 2. The number of nitrogens with zero attached hydrogens (tertiary/aromatic N) is 5. The summed E-state index contributed by atoms with van der Waals surface area (Å²) < 4.78 is 0. The molecule has 5 rings (SSSR count). The fourth-order valence-electron chi connectivity index (χ4n) is 6.04. The van der Waals surface area contributed by atoms with E-state index in [2.05, 4.69) is 37.1 Å². The third-order valence-electron chi connectivity index (χ3n) is 7.65. The minimum Gasteiger partial charge on any atom is -0.391 e. The normalized spacial score (nSPS) is 23.9. The smallest absolute Gasteiger partial charge is 0.237 e. The number of carbonyl (C=O) groups excluding carboxylic acids is 1. The van der Waals surface area contributed by atoms with Gasteiger partial charge in [0.15, 0.2) is 5.13 Å². The number of rotatable bonds is 9. The highest BCUT2D eigenvalue weighted by atomic mass is 32.1. The number of pyridine rings is 1. The van der Waals surface area contributed by atoms with Crippen LogP contribution in [0.2, 0.25) is 0 Å². The van der Waals surface area contributed by atoms with Crippen LogP contribution in [0.5, 0.6) is 0 Å². The van der Waals surface area contributed by atoms with Gasteiger partial charge >= 0.3 is 0 Å². The zero-order chi connectivity index (χ0) is 25.8. The Morgan fingerprint density at radius 3 is 2.68 bits per heavy atom. The third kappa shape index (κ3) is 5.86. The van der Waals surface area contributed by atoms with Crippen LogP contribution in [0.3, 0.4) is 0 Å². The third-order valence-corrected chi connectivity index (χ3v) is 8.54. The number of aromatic nitrogens is 2. The monoisotopic (exact) mass is 523 g/mol. The lowest BCUT2D eigenvalue weighted by atomic mass is 9.81. The summed E-state index contributed by atoms with van der Waals surface area (Å²) in [7, 11) is 0. The molecule has 3 aliphatic heterocycles. The summed E-state index contributed by atoms with van der Waals surface area (Å²) in [5.41, 5.74) is 1.63. The fourth-order valence-corrected chi connectivity index (χ4v) is 6.72. The van der Waals surface area contributed by atoms with Crippen LogP contribution in [0.15, 0.2) is 23.3 Å².